The van der Waals surface area contributed by atoms with Crippen LogP contribution in [0.25, 0.3) is 11.4 Å². The van der Waals surface area contributed by atoms with Gasteiger partial charge >= 0.3 is 59.1 Å². The molecule has 0 bridgehead atoms. The van der Waals surface area contributed by atoms with E-state index in [0.717, 1.165) is 43.9 Å². The van der Waals surface area contributed by atoms with Gasteiger partial charge in [0.05, 0.1) is 24.5 Å². The molecule has 2 heterocycles. The van der Waals surface area contributed by atoms with Crippen molar-refractivity contribution < 1.29 is 77.8 Å². The van der Waals surface area contributed by atoms with E-state index in [0.29, 0.717) is 30.5 Å². The Morgan fingerprint density at radius 2 is 1.93 bits per heavy atom. The number of anilines is 1. The Kier molecular flexibility index (Phi) is 9.87. The molecule has 7 nitrogen and oxygen atoms in total. The number of aromatic nitrogens is 2. The minimum absolute atomic E-state index is 0. The molecule has 4 rings (SSSR count). The Hall–Kier alpha value is 0.0500. The van der Waals surface area contributed by atoms with Gasteiger partial charge in [-0.1, -0.05) is 19.1 Å². The molecule has 2 aromatic rings. The molecule has 1 aliphatic carbocycles. The zero-order valence-corrected chi connectivity index (χ0v) is 22.9. The molecule has 2 aliphatic rings. The van der Waals surface area contributed by atoms with Gasteiger partial charge in [0, 0.05) is 26.2 Å². The summed E-state index contributed by atoms with van der Waals surface area (Å²) in [4.78, 5) is 23.5. The smallest absolute Gasteiger partial charge is 0.793 e. The summed E-state index contributed by atoms with van der Waals surface area (Å²) in [7, 11) is -4.19. The molecule has 0 amide bonds. The summed E-state index contributed by atoms with van der Waals surface area (Å²) >= 11 is 0. The largest absolute Gasteiger partial charge is 1.00 e. The molecule has 1 aromatic carbocycles. The number of morpholine rings is 1. The predicted molar refractivity (Wildman–Crippen MR) is 105 cm³/mol. The van der Waals surface area contributed by atoms with Crippen LogP contribution in [0, 0.1) is 12.6 Å². The zero-order valence-electron chi connectivity index (χ0n) is 18.0. The summed E-state index contributed by atoms with van der Waals surface area (Å²) in [5.41, 5.74) is 2.80. The summed E-state index contributed by atoms with van der Waals surface area (Å²) in [5, 5.41) is 0. The fourth-order valence-electron chi connectivity index (χ4n) is 3.80. The van der Waals surface area contributed by atoms with E-state index in [1.54, 1.807) is 18.2 Å². The first-order chi connectivity index (χ1) is 13.4. The number of ether oxygens (including phenoxy) is 1. The maximum absolute atomic E-state index is 11.6. The Labute approximate surface area is 222 Å². The summed E-state index contributed by atoms with van der Waals surface area (Å²) in [6.07, 6.45) is 2.96. The first-order valence-corrected chi connectivity index (χ1v) is 11.3. The number of nitrogens with zero attached hydrogens (tertiary/aromatic N) is 3. The van der Waals surface area contributed by atoms with Crippen molar-refractivity contribution in [3.05, 3.63) is 42.2 Å². The van der Waals surface area contributed by atoms with Gasteiger partial charge in [-0.05, 0) is 37.3 Å². The molecule has 150 valence electrons. The topological polar surface area (TPSA) is 87.6 Å². The van der Waals surface area contributed by atoms with E-state index < -0.39 is 7.60 Å². The van der Waals surface area contributed by atoms with Gasteiger partial charge in [-0.15, -0.1) is 0 Å². The number of hydrogen-bond acceptors (Lipinski definition) is 7. The van der Waals surface area contributed by atoms with Crippen LogP contribution in [0.4, 0.5) is 5.82 Å². The average molecular weight is 447 g/mol. The van der Waals surface area contributed by atoms with Crippen molar-refractivity contribution in [3.8, 4) is 17.1 Å². The van der Waals surface area contributed by atoms with Gasteiger partial charge < -0.3 is 23.6 Å². The summed E-state index contributed by atoms with van der Waals surface area (Å²) in [5.74, 6) is 2.18. The van der Waals surface area contributed by atoms with E-state index in [2.05, 4.69) is 18.5 Å². The summed E-state index contributed by atoms with van der Waals surface area (Å²) < 4.78 is 22.2. The predicted octanol–water partition coefficient (Wildman–Crippen LogP) is -3.16. The molecule has 2 atom stereocenters. The van der Waals surface area contributed by atoms with E-state index in [9.17, 15) is 9.46 Å². The monoisotopic (exact) mass is 447 g/mol. The van der Waals surface area contributed by atoms with Gasteiger partial charge in [0.15, 0.2) is 5.82 Å². The molecule has 30 heavy (non-hydrogen) atoms. The molecule has 0 radical (unpaired) electrons. The number of rotatable bonds is 4. The molecule has 0 N–H and O–H groups in total. The molecule has 1 aromatic heterocycles. The molecule has 10 heteroatoms. The number of benzene rings is 1. The van der Waals surface area contributed by atoms with Gasteiger partial charge in [-0.25, -0.2) is 9.97 Å². The van der Waals surface area contributed by atoms with Crippen LogP contribution in [0.3, 0.4) is 0 Å². The maximum Gasteiger partial charge on any atom is 1.00 e. The number of para-hydroxylation sites is 1. The van der Waals surface area contributed by atoms with Crippen LogP contribution in [0.2, 0.25) is 0 Å². The van der Waals surface area contributed by atoms with Crippen molar-refractivity contribution in [3.63, 3.8) is 0 Å². The second-order valence-electron chi connectivity index (χ2n) is 7.44. The molecule has 1 aliphatic heterocycles. The Morgan fingerprint density at radius 1 is 1.23 bits per heavy atom. The van der Waals surface area contributed by atoms with Crippen LogP contribution in [0.15, 0.2) is 24.3 Å². The van der Waals surface area contributed by atoms with E-state index in [-0.39, 0.29) is 64.9 Å². The minimum atomic E-state index is -4.19. The van der Waals surface area contributed by atoms with Crippen LogP contribution < -0.4 is 73.4 Å². The van der Waals surface area contributed by atoms with Crippen molar-refractivity contribution in [2.45, 2.75) is 26.2 Å². The number of hydrogen-bond donors (Lipinski definition) is 0. The van der Waals surface area contributed by atoms with E-state index >= 15 is 0 Å². The number of fused-ring (bicyclic) bond motifs is 1. The molecule has 1 fully saturated rings. The molecular weight excluding hydrogens is 423 g/mol. The molecule has 1 saturated heterocycles. The molecule has 0 spiro atoms. The van der Waals surface area contributed by atoms with Crippen LogP contribution in [-0.2, 0) is 22.1 Å². The molecule has 2 unspecified atom stereocenters. The van der Waals surface area contributed by atoms with Crippen molar-refractivity contribution >= 4 is 13.4 Å². The third-order valence-corrected chi connectivity index (χ3v) is 5.65. The first-order valence-electron chi connectivity index (χ1n) is 9.57. The second kappa shape index (κ2) is 11.3. The molecule has 0 saturated carbocycles. The summed E-state index contributed by atoms with van der Waals surface area (Å²) in [6, 6.07) is 6.92. The van der Waals surface area contributed by atoms with E-state index in [1.807, 2.05) is 6.07 Å². The van der Waals surface area contributed by atoms with Gasteiger partial charge in [-0.3, -0.25) is 6.66 Å². The Bertz CT molecular complexity index is 919. The summed E-state index contributed by atoms with van der Waals surface area (Å²) in [6.45, 7) is 8.22. The first kappa shape index (κ1) is 26.3. The van der Waals surface area contributed by atoms with Crippen molar-refractivity contribution in [2.75, 3.05) is 31.2 Å². The van der Waals surface area contributed by atoms with Crippen molar-refractivity contribution in [1.29, 1.82) is 0 Å². The Balaban J connectivity index is 0.00000160. The van der Waals surface area contributed by atoms with Crippen LogP contribution in [0.1, 0.15) is 24.6 Å². The Morgan fingerprint density at radius 3 is 2.63 bits per heavy atom. The normalized spacial score (nSPS) is 20.2. The van der Waals surface area contributed by atoms with Gasteiger partial charge in [-0.2, -0.15) is 0 Å². The zero-order chi connectivity index (χ0) is 19.7. The average Bonchev–Trinajstić information content (AvgIpc) is 2.67. The van der Waals surface area contributed by atoms with Crippen molar-refractivity contribution in [1.82, 2.24) is 9.97 Å². The third-order valence-electron chi connectivity index (χ3n) is 5.18. The minimum Gasteiger partial charge on any atom is -0.793 e. The second-order valence-corrected chi connectivity index (χ2v) is 8.85. The van der Waals surface area contributed by atoms with Crippen molar-refractivity contribution in [2.24, 2.45) is 5.92 Å². The SMILES string of the molecule is [CH2-]P(=O)([O-])Oc1ccccc1-c1nc2c(c(N3CCOCC3)n1)CCC(C)C2.[Na+].[Na+]. The van der Waals surface area contributed by atoms with Crippen LogP contribution >= 0.6 is 7.60 Å². The van der Waals surface area contributed by atoms with E-state index in [1.165, 1.54) is 5.56 Å². The quantitative estimate of drug-likeness (QED) is 0.278. The van der Waals surface area contributed by atoms with Gasteiger partial charge in [0.25, 0.3) is 0 Å². The van der Waals surface area contributed by atoms with Gasteiger partial charge in [0.1, 0.15) is 11.6 Å². The van der Waals surface area contributed by atoms with Gasteiger partial charge in [0.2, 0.25) is 0 Å². The maximum atomic E-state index is 11.6. The third kappa shape index (κ3) is 6.31. The fourth-order valence-corrected chi connectivity index (χ4v) is 4.26. The van der Waals surface area contributed by atoms with Crippen LogP contribution in [0.5, 0.6) is 5.75 Å². The molecular formula is C20H24N3Na2O4P. The van der Waals surface area contributed by atoms with E-state index in [4.69, 9.17) is 19.2 Å². The fraction of sp³-hybridized carbons (Fsp3) is 0.450. The standard InChI is InChI=1S/C20H25N3O4P.2Na/c1-14-7-8-15-17(13-14)21-19(22-20(15)23-9-11-26-12-10-23)16-5-3-4-6-18(16)27-28(2,24)25;;/h3-6,14H,2,7-13H2,1H3,(H,24,25);;/q-1;2*+1/p-1. The van der Waals surface area contributed by atoms with Crippen LogP contribution in [-0.4, -0.2) is 36.3 Å².